The summed E-state index contributed by atoms with van der Waals surface area (Å²) in [5, 5.41) is 15.1. The predicted octanol–water partition coefficient (Wildman–Crippen LogP) is 4.44. The Bertz CT molecular complexity index is 1040. The average Bonchev–Trinajstić information content (AvgIpc) is 3.30. The van der Waals surface area contributed by atoms with Crippen molar-refractivity contribution in [2.24, 2.45) is 0 Å². The molecule has 0 heterocycles. The van der Waals surface area contributed by atoms with E-state index in [0.717, 1.165) is 25.7 Å². The molecule has 0 unspecified atom stereocenters. The van der Waals surface area contributed by atoms with Crippen LogP contribution in [0.2, 0.25) is 0 Å². The van der Waals surface area contributed by atoms with E-state index in [2.05, 4.69) is 26.6 Å². The van der Waals surface area contributed by atoms with Gasteiger partial charge in [0.25, 0.3) is 11.8 Å². The van der Waals surface area contributed by atoms with E-state index in [0.29, 0.717) is 27.2 Å². The minimum atomic E-state index is -0.382. The largest absolute Gasteiger partial charge is 0.493 e. The second-order valence-electron chi connectivity index (χ2n) is 7.36. The van der Waals surface area contributed by atoms with Crippen LogP contribution < -0.4 is 20.1 Å². The Balaban J connectivity index is 1.70. The van der Waals surface area contributed by atoms with Gasteiger partial charge in [-0.3, -0.25) is 9.59 Å². The highest BCUT2D eigenvalue weighted by molar-refractivity contribution is 9.10. The summed E-state index contributed by atoms with van der Waals surface area (Å²) in [5.74, 6) is 0.0188. The zero-order valence-corrected chi connectivity index (χ0v) is 19.3. The number of rotatable bonds is 8. The van der Waals surface area contributed by atoms with Crippen molar-refractivity contribution in [2.75, 3.05) is 19.0 Å². The second-order valence-corrected chi connectivity index (χ2v) is 8.22. The Morgan fingerprint density at radius 2 is 1.94 bits per heavy atom. The number of benzene rings is 2. The van der Waals surface area contributed by atoms with Crippen molar-refractivity contribution in [2.45, 2.75) is 31.7 Å². The molecule has 0 aliphatic heterocycles. The Morgan fingerprint density at radius 3 is 2.59 bits per heavy atom. The Kier molecular flexibility index (Phi) is 8.28. The molecule has 166 valence electrons. The number of hydrogen-bond donors (Lipinski definition) is 2. The molecule has 1 aliphatic rings. The van der Waals surface area contributed by atoms with Crippen molar-refractivity contribution in [3.05, 3.63) is 58.1 Å². The lowest BCUT2D eigenvalue weighted by Gasteiger charge is -2.14. The molecule has 1 aliphatic carbocycles. The van der Waals surface area contributed by atoms with E-state index >= 15 is 0 Å². The third-order valence-electron chi connectivity index (χ3n) is 5.02. The van der Waals surface area contributed by atoms with Gasteiger partial charge in [-0.05, 0) is 64.7 Å². The summed E-state index contributed by atoms with van der Waals surface area (Å²) in [6.45, 7) is -0.216. The molecule has 2 amide bonds. The molecular weight excluding hydrogens is 474 g/mol. The zero-order valence-electron chi connectivity index (χ0n) is 17.7. The van der Waals surface area contributed by atoms with Crippen LogP contribution in [0.1, 0.15) is 31.2 Å². The normalized spacial score (nSPS) is 13.8. The monoisotopic (exact) mass is 497 g/mol. The molecule has 32 heavy (non-hydrogen) atoms. The predicted molar refractivity (Wildman–Crippen MR) is 125 cm³/mol. The summed E-state index contributed by atoms with van der Waals surface area (Å²) in [4.78, 5) is 24.6. The van der Waals surface area contributed by atoms with Crippen molar-refractivity contribution >= 4 is 39.5 Å². The fourth-order valence-electron chi connectivity index (χ4n) is 3.47. The summed E-state index contributed by atoms with van der Waals surface area (Å²) in [6.07, 6.45) is 5.56. The number of halogens is 1. The summed E-state index contributed by atoms with van der Waals surface area (Å²) in [6, 6.07) is 14.5. The number of carbonyl (C=O) groups excluding carboxylic acids is 2. The highest BCUT2D eigenvalue weighted by Crippen LogP contribution is 2.37. The molecule has 0 saturated heterocycles. The Hall–Kier alpha value is -3.31. The van der Waals surface area contributed by atoms with E-state index in [1.54, 1.807) is 24.3 Å². The van der Waals surface area contributed by atoms with E-state index in [1.807, 2.05) is 24.3 Å². The molecule has 8 heteroatoms. The number of carbonyl (C=O) groups is 2. The maximum atomic E-state index is 12.5. The molecule has 7 nitrogen and oxygen atoms in total. The van der Waals surface area contributed by atoms with E-state index in [-0.39, 0.29) is 30.0 Å². The van der Waals surface area contributed by atoms with Crippen LogP contribution in [0.4, 0.5) is 5.69 Å². The number of hydrogen-bond acceptors (Lipinski definition) is 5. The van der Waals surface area contributed by atoms with Gasteiger partial charge in [0.1, 0.15) is 11.6 Å². The topological polar surface area (TPSA) is 100 Å². The van der Waals surface area contributed by atoms with Gasteiger partial charge in [0, 0.05) is 11.7 Å². The summed E-state index contributed by atoms with van der Waals surface area (Å²) < 4.78 is 11.6. The zero-order chi connectivity index (χ0) is 22.9. The van der Waals surface area contributed by atoms with Crippen LogP contribution in [-0.2, 0) is 9.59 Å². The van der Waals surface area contributed by atoms with E-state index in [9.17, 15) is 14.9 Å². The van der Waals surface area contributed by atoms with Gasteiger partial charge in [0.05, 0.1) is 11.6 Å². The molecular formula is C24H24BrN3O4. The van der Waals surface area contributed by atoms with E-state index in [4.69, 9.17) is 9.47 Å². The van der Waals surface area contributed by atoms with Gasteiger partial charge in [0.15, 0.2) is 18.1 Å². The highest BCUT2D eigenvalue weighted by Gasteiger charge is 2.20. The minimum absolute atomic E-state index is 0.0155. The molecule has 0 bridgehead atoms. The molecule has 0 atom stereocenters. The molecule has 2 aromatic rings. The number of ether oxygens (including phenoxy) is 2. The lowest BCUT2D eigenvalue weighted by molar-refractivity contribution is -0.118. The molecule has 1 saturated carbocycles. The van der Waals surface area contributed by atoms with Gasteiger partial charge in [0.2, 0.25) is 0 Å². The third kappa shape index (κ3) is 6.34. The molecule has 0 aromatic heterocycles. The summed E-state index contributed by atoms with van der Waals surface area (Å²) in [7, 11) is 1.48. The summed E-state index contributed by atoms with van der Waals surface area (Å²) >= 11 is 3.43. The molecule has 2 N–H and O–H groups in total. The lowest BCUT2D eigenvalue weighted by atomic mass is 10.1. The van der Waals surface area contributed by atoms with E-state index < -0.39 is 0 Å². The van der Waals surface area contributed by atoms with Gasteiger partial charge in [-0.25, -0.2) is 0 Å². The van der Waals surface area contributed by atoms with Crippen LogP contribution >= 0.6 is 15.9 Å². The van der Waals surface area contributed by atoms with Crippen molar-refractivity contribution in [3.63, 3.8) is 0 Å². The maximum Gasteiger partial charge on any atom is 0.262 e. The minimum Gasteiger partial charge on any atom is -0.493 e. The fraction of sp³-hybridized carbons (Fsp3) is 0.292. The third-order valence-corrected chi connectivity index (χ3v) is 5.61. The first-order valence-corrected chi connectivity index (χ1v) is 11.1. The number of nitrogens with zero attached hydrogens (tertiary/aromatic N) is 1. The standard InChI is InChI=1S/C24H24BrN3O4/c1-31-21-13-16(11-17(14-26)24(30)28-19-9-5-6-10-19)12-20(25)23(21)32-15-22(29)27-18-7-3-2-4-8-18/h2-4,7-8,11-13,19H,5-6,9-10,15H2,1H3,(H,27,29)(H,28,30)/b17-11-. The van der Waals surface area contributed by atoms with Crippen molar-refractivity contribution in [3.8, 4) is 17.6 Å². The second kappa shape index (κ2) is 11.3. The first-order chi connectivity index (χ1) is 15.5. The Labute approximate surface area is 195 Å². The van der Waals surface area contributed by atoms with Crippen LogP contribution in [0.15, 0.2) is 52.5 Å². The number of nitriles is 1. The fourth-order valence-corrected chi connectivity index (χ4v) is 4.04. The first-order valence-electron chi connectivity index (χ1n) is 10.3. The molecule has 1 fully saturated rings. The maximum absolute atomic E-state index is 12.5. The number of para-hydroxylation sites is 1. The number of methoxy groups -OCH3 is 1. The van der Waals surface area contributed by atoms with Crippen LogP contribution in [0.5, 0.6) is 11.5 Å². The van der Waals surface area contributed by atoms with Gasteiger partial charge in [-0.1, -0.05) is 31.0 Å². The van der Waals surface area contributed by atoms with Crippen LogP contribution in [0.25, 0.3) is 6.08 Å². The van der Waals surface area contributed by atoms with Gasteiger partial charge in [-0.15, -0.1) is 0 Å². The highest BCUT2D eigenvalue weighted by atomic mass is 79.9. The quantitative estimate of drug-likeness (QED) is 0.414. The molecule has 0 spiro atoms. The molecule has 2 aromatic carbocycles. The lowest BCUT2D eigenvalue weighted by Crippen LogP contribution is -2.33. The number of anilines is 1. The number of amides is 2. The number of nitrogens with one attached hydrogen (secondary N) is 2. The van der Waals surface area contributed by atoms with E-state index in [1.165, 1.54) is 13.2 Å². The smallest absolute Gasteiger partial charge is 0.262 e. The summed E-state index contributed by atoms with van der Waals surface area (Å²) in [5.41, 5.74) is 1.28. The van der Waals surface area contributed by atoms with Gasteiger partial charge in [-0.2, -0.15) is 5.26 Å². The van der Waals surface area contributed by atoms with Gasteiger partial charge < -0.3 is 20.1 Å². The molecule has 3 rings (SSSR count). The van der Waals surface area contributed by atoms with Crippen LogP contribution in [-0.4, -0.2) is 31.6 Å². The van der Waals surface area contributed by atoms with Crippen molar-refractivity contribution < 1.29 is 19.1 Å². The van der Waals surface area contributed by atoms with Crippen LogP contribution in [0, 0.1) is 11.3 Å². The van der Waals surface area contributed by atoms with Crippen LogP contribution in [0.3, 0.4) is 0 Å². The first kappa shape index (κ1) is 23.4. The average molecular weight is 498 g/mol. The SMILES string of the molecule is COc1cc(/C=C(/C#N)C(=O)NC2CCCC2)cc(Br)c1OCC(=O)Nc1ccccc1. The van der Waals surface area contributed by atoms with Crippen molar-refractivity contribution in [1.29, 1.82) is 5.26 Å². The molecule has 0 radical (unpaired) electrons. The van der Waals surface area contributed by atoms with Crippen molar-refractivity contribution in [1.82, 2.24) is 5.32 Å². The Morgan fingerprint density at radius 1 is 1.22 bits per heavy atom. The van der Waals surface area contributed by atoms with Gasteiger partial charge >= 0.3 is 0 Å².